The maximum absolute atomic E-state index is 13.3. The van der Waals surface area contributed by atoms with Gasteiger partial charge in [0, 0.05) is 0 Å². The number of carbonyl (C=O) groups is 2. The first kappa shape index (κ1) is 14.7. The number of amides is 2. The van der Waals surface area contributed by atoms with Gasteiger partial charge < -0.3 is 0 Å². The van der Waals surface area contributed by atoms with E-state index in [2.05, 4.69) is 0 Å². The number of para-hydroxylation sites is 1. The van der Waals surface area contributed by atoms with Crippen molar-refractivity contribution in [3.8, 4) is 0 Å². The first-order chi connectivity index (χ1) is 11.7. The van der Waals surface area contributed by atoms with Crippen LogP contribution in [-0.4, -0.2) is 11.8 Å². The van der Waals surface area contributed by atoms with Gasteiger partial charge in [-0.05, 0) is 62.5 Å². The Kier molecular flexibility index (Phi) is 3.18. The van der Waals surface area contributed by atoms with E-state index >= 15 is 0 Å². The number of imide groups is 1. The quantitative estimate of drug-likeness (QED) is 0.562. The number of rotatable bonds is 1. The number of halogens is 1. The van der Waals surface area contributed by atoms with E-state index in [-0.39, 0.29) is 23.7 Å². The van der Waals surface area contributed by atoms with E-state index in [1.165, 1.54) is 16.0 Å². The Morgan fingerprint density at radius 2 is 1.42 bits per heavy atom. The molecule has 2 amide bonds. The third-order valence-electron chi connectivity index (χ3n) is 6.59. The summed E-state index contributed by atoms with van der Waals surface area (Å²) in [5, 5.41) is 0.476. The highest BCUT2D eigenvalue weighted by atomic mass is 35.5. The molecule has 1 aromatic rings. The topological polar surface area (TPSA) is 37.4 Å². The minimum absolute atomic E-state index is 0.0200. The summed E-state index contributed by atoms with van der Waals surface area (Å²) in [6.45, 7) is 0. The lowest BCUT2D eigenvalue weighted by molar-refractivity contribution is -0.122. The maximum atomic E-state index is 13.3. The third kappa shape index (κ3) is 1.79. The van der Waals surface area contributed by atoms with Crippen molar-refractivity contribution in [3.63, 3.8) is 0 Å². The SMILES string of the molecule is O=C1[C@@H]2[C@H](C(=O)N1c1ccccc1Cl)[C@H]1CCCC1=C1CCC[C@@H]12. The minimum atomic E-state index is -0.155. The number of carbonyl (C=O) groups excluding carboxylic acids is 2. The molecule has 0 radical (unpaired) electrons. The Morgan fingerprint density at radius 3 is 1.96 bits per heavy atom. The van der Waals surface area contributed by atoms with Crippen LogP contribution in [0.5, 0.6) is 0 Å². The largest absolute Gasteiger partial charge is 0.274 e. The smallest absolute Gasteiger partial charge is 0.238 e. The Hall–Kier alpha value is -1.61. The highest BCUT2D eigenvalue weighted by Gasteiger charge is 2.59. The number of hydrogen-bond acceptors (Lipinski definition) is 2. The summed E-state index contributed by atoms with van der Waals surface area (Å²) in [5.74, 6) is 0.240. The van der Waals surface area contributed by atoms with Crippen LogP contribution in [0, 0.1) is 23.7 Å². The van der Waals surface area contributed by atoms with Crippen LogP contribution in [0.3, 0.4) is 0 Å². The van der Waals surface area contributed by atoms with E-state index in [4.69, 9.17) is 11.6 Å². The van der Waals surface area contributed by atoms with E-state index in [0.717, 1.165) is 38.5 Å². The molecule has 124 valence electrons. The molecular weight excluding hydrogens is 322 g/mol. The molecule has 24 heavy (non-hydrogen) atoms. The molecule has 4 heteroatoms. The molecule has 1 aromatic carbocycles. The van der Waals surface area contributed by atoms with Gasteiger partial charge in [-0.15, -0.1) is 0 Å². The van der Waals surface area contributed by atoms with Gasteiger partial charge in [-0.2, -0.15) is 0 Å². The number of allylic oxidation sites excluding steroid dienone is 2. The zero-order valence-electron chi connectivity index (χ0n) is 13.5. The molecule has 0 N–H and O–H groups in total. The summed E-state index contributed by atoms with van der Waals surface area (Å²) in [6.07, 6.45) is 6.70. The van der Waals surface area contributed by atoms with Crippen molar-refractivity contribution in [2.24, 2.45) is 23.7 Å². The van der Waals surface area contributed by atoms with Crippen molar-refractivity contribution in [2.45, 2.75) is 38.5 Å². The molecule has 0 spiro atoms. The second-order valence-electron chi connectivity index (χ2n) is 7.56. The first-order valence-electron chi connectivity index (χ1n) is 9.02. The first-order valence-corrected chi connectivity index (χ1v) is 9.40. The number of fused-ring (bicyclic) bond motifs is 5. The Balaban J connectivity index is 1.63. The average molecular weight is 342 g/mol. The van der Waals surface area contributed by atoms with Crippen molar-refractivity contribution in [2.75, 3.05) is 4.90 Å². The van der Waals surface area contributed by atoms with Gasteiger partial charge in [-0.1, -0.05) is 34.9 Å². The van der Waals surface area contributed by atoms with Gasteiger partial charge in [0.2, 0.25) is 11.8 Å². The van der Waals surface area contributed by atoms with E-state index in [9.17, 15) is 9.59 Å². The Bertz CT molecular complexity index is 742. The van der Waals surface area contributed by atoms with Crippen molar-refractivity contribution in [1.29, 1.82) is 0 Å². The lowest BCUT2D eigenvalue weighted by Crippen LogP contribution is -2.35. The van der Waals surface area contributed by atoms with Gasteiger partial charge in [-0.3, -0.25) is 9.59 Å². The predicted molar refractivity (Wildman–Crippen MR) is 92.6 cm³/mol. The predicted octanol–water partition coefficient (Wildman–Crippen LogP) is 4.36. The van der Waals surface area contributed by atoms with Crippen LogP contribution >= 0.6 is 11.6 Å². The van der Waals surface area contributed by atoms with Crippen LogP contribution in [0.15, 0.2) is 35.4 Å². The highest BCUT2D eigenvalue weighted by molar-refractivity contribution is 6.36. The molecule has 5 rings (SSSR count). The lowest BCUT2D eigenvalue weighted by Gasteiger charge is -2.34. The number of nitrogens with zero attached hydrogens (tertiary/aromatic N) is 1. The van der Waals surface area contributed by atoms with Gasteiger partial charge in [0.15, 0.2) is 0 Å². The van der Waals surface area contributed by atoms with Gasteiger partial charge in [-0.25, -0.2) is 4.90 Å². The number of benzene rings is 1. The average Bonchev–Trinajstić information content (AvgIpc) is 3.26. The van der Waals surface area contributed by atoms with Crippen LogP contribution in [0.2, 0.25) is 5.02 Å². The summed E-state index contributed by atoms with van der Waals surface area (Å²) in [5.41, 5.74) is 3.62. The molecule has 0 unspecified atom stereocenters. The molecule has 0 aromatic heterocycles. The minimum Gasteiger partial charge on any atom is -0.274 e. The summed E-state index contributed by atoms with van der Waals surface area (Å²) in [4.78, 5) is 27.9. The Labute approximate surface area is 146 Å². The zero-order chi connectivity index (χ0) is 16.4. The van der Waals surface area contributed by atoms with Crippen LogP contribution in [-0.2, 0) is 9.59 Å². The summed E-state index contributed by atoms with van der Waals surface area (Å²) < 4.78 is 0. The van der Waals surface area contributed by atoms with Crippen molar-refractivity contribution >= 4 is 29.1 Å². The van der Waals surface area contributed by atoms with Crippen LogP contribution in [0.1, 0.15) is 38.5 Å². The van der Waals surface area contributed by atoms with Gasteiger partial charge >= 0.3 is 0 Å². The number of hydrogen-bond donors (Lipinski definition) is 0. The molecule has 0 bridgehead atoms. The monoisotopic (exact) mass is 341 g/mol. The summed E-state index contributed by atoms with van der Waals surface area (Å²) >= 11 is 6.30. The van der Waals surface area contributed by atoms with Crippen LogP contribution < -0.4 is 4.90 Å². The second kappa shape index (κ2) is 5.19. The highest BCUT2D eigenvalue weighted by Crippen LogP contribution is 2.58. The third-order valence-corrected chi connectivity index (χ3v) is 6.91. The van der Waals surface area contributed by atoms with E-state index in [1.807, 2.05) is 12.1 Å². The zero-order valence-corrected chi connectivity index (χ0v) is 14.3. The molecule has 4 aliphatic rings. The van der Waals surface area contributed by atoms with E-state index in [1.54, 1.807) is 12.1 Å². The molecule has 3 aliphatic carbocycles. The molecule has 3 nitrogen and oxygen atoms in total. The molecule has 3 fully saturated rings. The van der Waals surface area contributed by atoms with Gasteiger partial charge in [0.1, 0.15) is 0 Å². The van der Waals surface area contributed by atoms with E-state index < -0.39 is 0 Å². The molecule has 1 heterocycles. The fourth-order valence-electron chi connectivity index (χ4n) is 5.76. The van der Waals surface area contributed by atoms with Crippen molar-refractivity contribution < 1.29 is 9.59 Å². The molecule has 4 atom stereocenters. The normalized spacial score (nSPS) is 34.6. The molecule has 1 aliphatic heterocycles. The Morgan fingerprint density at radius 1 is 0.875 bits per heavy atom. The van der Waals surface area contributed by atoms with Crippen LogP contribution in [0.4, 0.5) is 5.69 Å². The maximum Gasteiger partial charge on any atom is 0.238 e. The van der Waals surface area contributed by atoms with Crippen LogP contribution in [0.25, 0.3) is 0 Å². The van der Waals surface area contributed by atoms with Crippen molar-refractivity contribution in [1.82, 2.24) is 0 Å². The summed E-state index contributed by atoms with van der Waals surface area (Å²) in [7, 11) is 0. The van der Waals surface area contributed by atoms with Gasteiger partial charge in [0.05, 0.1) is 22.5 Å². The van der Waals surface area contributed by atoms with Crippen molar-refractivity contribution in [3.05, 3.63) is 40.4 Å². The summed E-state index contributed by atoms with van der Waals surface area (Å²) in [6, 6.07) is 7.20. The molecular formula is C20H20ClNO2. The molecule has 2 saturated carbocycles. The second-order valence-corrected chi connectivity index (χ2v) is 7.97. The molecule has 1 saturated heterocycles. The number of anilines is 1. The van der Waals surface area contributed by atoms with Gasteiger partial charge in [0.25, 0.3) is 0 Å². The standard InChI is InChI=1S/C20H20ClNO2/c21-15-9-1-2-10-16(15)22-19(23)17-13-7-3-5-11(13)12-6-4-8-14(12)18(17)20(22)24/h1-2,9-10,13-14,17-18H,3-8H2/t13-,14-,17-,18+/m0/s1. The van der Waals surface area contributed by atoms with E-state index in [0.29, 0.717) is 22.5 Å². The fraction of sp³-hybridized carbons (Fsp3) is 0.500. The lowest BCUT2D eigenvalue weighted by atomic mass is 9.66. The fourth-order valence-corrected chi connectivity index (χ4v) is 5.98.